The molecule has 4 N–H and O–H groups in total. The molecule has 1 unspecified atom stereocenters. The quantitative estimate of drug-likeness (QED) is 0.0405. The fraction of sp³-hybridized carbons (Fsp3) is 0.838. The molecular formula is C37H66O9. The normalized spacial score (nSPS) is 21.5. The van der Waals surface area contributed by atoms with Crippen molar-refractivity contribution < 1.29 is 44.2 Å². The standard InChI is InChI=1S/C37H66O9/c1-3-5-7-8-9-10-11-12-13-14-19-23-35(41)44-29-31(28-38)45-36(42)24-20-16-15-18-22-32-33(40)27-37(43)46-34(32)26-25-30(39)21-17-6-4-2/h15,18,25-26,30-34,37-40,43H,3-14,16-17,19-24,27-29H2,1-2H3/b18-15-,26-25+/t30-,31-,32-,33-,34+,37?/m0/s1. The Kier molecular flexibility index (Phi) is 25.9. The second-order valence-electron chi connectivity index (χ2n) is 12.8. The minimum Gasteiger partial charge on any atom is -0.462 e. The Balaban J connectivity index is 2.22. The minimum atomic E-state index is -1.05. The number of rotatable bonds is 28. The van der Waals surface area contributed by atoms with E-state index in [9.17, 15) is 30.0 Å². The molecule has 1 aliphatic rings. The molecule has 0 saturated carbocycles. The second kappa shape index (κ2) is 28.3. The molecule has 0 aliphatic carbocycles. The third-order valence-electron chi connectivity index (χ3n) is 8.54. The summed E-state index contributed by atoms with van der Waals surface area (Å²) in [6, 6.07) is 0. The van der Waals surface area contributed by atoms with Gasteiger partial charge in [0, 0.05) is 25.2 Å². The van der Waals surface area contributed by atoms with Gasteiger partial charge in [-0.05, 0) is 32.1 Å². The SMILES string of the molecule is CCCCCCCCCCCCCC(=O)OC[C@H](CO)OC(=O)CCC/C=C\C[C@H]1[C@@H](O)CC(O)O[C@@H]1/C=C/[C@@H](O)CCCCC. The van der Waals surface area contributed by atoms with Crippen molar-refractivity contribution in [1.29, 1.82) is 0 Å². The highest BCUT2D eigenvalue weighted by Crippen LogP contribution is 2.29. The van der Waals surface area contributed by atoms with Crippen molar-refractivity contribution in [1.82, 2.24) is 0 Å². The number of hydrogen-bond acceptors (Lipinski definition) is 9. The molecule has 1 heterocycles. The molecule has 268 valence electrons. The Morgan fingerprint density at radius 2 is 1.43 bits per heavy atom. The Morgan fingerprint density at radius 3 is 2.09 bits per heavy atom. The predicted octanol–water partition coefficient (Wildman–Crippen LogP) is 6.83. The van der Waals surface area contributed by atoms with Gasteiger partial charge in [0.2, 0.25) is 0 Å². The monoisotopic (exact) mass is 654 g/mol. The lowest BCUT2D eigenvalue weighted by Crippen LogP contribution is -2.43. The van der Waals surface area contributed by atoms with Gasteiger partial charge in [-0.3, -0.25) is 9.59 Å². The summed E-state index contributed by atoms with van der Waals surface area (Å²) in [5.74, 6) is -1.05. The highest BCUT2D eigenvalue weighted by Gasteiger charge is 2.35. The molecule has 9 heteroatoms. The van der Waals surface area contributed by atoms with Crippen molar-refractivity contribution in [2.24, 2.45) is 5.92 Å². The van der Waals surface area contributed by atoms with Gasteiger partial charge in [-0.1, -0.05) is 122 Å². The third-order valence-corrected chi connectivity index (χ3v) is 8.54. The number of carbonyl (C=O) groups excluding carboxylic acids is 2. The number of allylic oxidation sites excluding steroid dienone is 2. The Morgan fingerprint density at radius 1 is 0.826 bits per heavy atom. The first kappa shape index (κ1) is 42.2. The van der Waals surface area contributed by atoms with Gasteiger partial charge in [0.25, 0.3) is 0 Å². The fourth-order valence-electron chi connectivity index (χ4n) is 5.65. The summed E-state index contributed by atoms with van der Waals surface area (Å²) in [5.41, 5.74) is 0. The van der Waals surface area contributed by atoms with Gasteiger partial charge in [0.1, 0.15) is 6.61 Å². The molecule has 0 aromatic carbocycles. The van der Waals surface area contributed by atoms with E-state index in [1.165, 1.54) is 51.4 Å². The third kappa shape index (κ3) is 21.9. The van der Waals surface area contributed by atoms with Gasteiger partial charge in [-0.2, -0.15) is 0 Å². The van der Waals surface area contributed by atoms with Crippen molar-refractivity contribution in [2.45, 2.75) is 179 Å². The number of esters is 2. The summed E-state index contributed by atoms with van der Waals surface area (Å²) < 4.78 is 16.2. The summed E-state index contributed by atoms with van der Waals surface area (Å²) >= 11 is 0. The summed E-state index contributed by atoms with van der Waals surface area (Å²) in [4.78, 5) is 24.3. The maximum atomic E-state index is 12.2. The van der Waals surface area contributed by atoms with E-state index in [0.717, 1.165) is 38.5 Å². The first-order valence-corrected chi connectivity index (χ1v) is 18.3. The highest BCUT2D eigenvalue weighted by atomic mass is 16.6. The topological polar surface area (TPSA) is 143 Å². The zero-order chi connectivity index (χ0) is 33.8. The molecule has 0 bridgehead atoms. The summed E-state index contributed by atoms with van der Waals surface area (Å²) in [5, 5.41) is 40.3. The molecule has 0 amide bonds. The lowest BCUT2D eigenvalue weighted by molar-refractivity contribution is -0.199. The lowest BCUT2D eigenvalue weighted by Gasteiger charge is -2.36. The number of ether oxygens (including phenoxy) is 3. The van der Waals surface area contributed by atoms with Gasteiger partial charge in [0.15, 0.2) is 12.4 Å². The van der Waals surface area contributed by atoms with Crippen LogP contribution in [-0.2, 0) is 23.8 Å². The summed E-state index contributed by atoms with van der Waals surface area (Å²) in [6.07, 6.45) is 22.9. The molecule has 1 aliphatic heterocycles. The van der Waals surface area contributed by atoms with E-state index in [1.807, 2.05) is 12.2 Å². The summed E-state index contributed by atoms with van der Waals surface area (Å²) in [6.45, 7) is 3.78. The van der Waals surface area contributed by atoms with Crippen LogP contribution in [0.5, 0.6) is 0 Å². The zero-order valence-corrected chi connectivity index (χ0v) is 28.9. The average Bonchev–Trinajstić information content (AvgIpc) is 3.03. The van der Waals surface area contributed by atoms with Crippen molar-refractivity contribution in [3.63, 3.8) is 0 Å². The second-order valence-corrected chi connectivity index (χ2v) is 12.8. The summed E-state index contributed by atoms with van der Waals surface area (Å²) in [7, 11) is 0. The molecule has 1 rings (SSSR count). The largest absolute Gasteiger partial charge is 0.462 e. The lowest BCUT2D eigenvalue weighted by atomic mass is 9.87. The smallest absolute Gasteiger partial charge is 0.306 e. The van der Waals surface area contributed by atoms with Crippen LogP contribution in [0.2, 0.25) is 0 Å². The molecule has 6 atom stereocenters. The zero-order valence-electron chi connectivity index (χ0n) is 28.9. The van der Waals surface area contributed by atoms with Crippen LogP contribution in [0.3, 0.4) is 0 Å². The van der Waals surface area contributed by atoms with Crippen LogP contribution in [0.1, 0.15) is 149 Å². The van der Waals surface area contributed by atoms with Crippen LogP contribution in [0.25, 0.3) is 0 Å². The van der Waals surface area contributed by atoms with Crippen LogP contribution < -0.4 is 0 Å². The van der Waals surface area contributed by atoms with Crippen LogP contribution in [-0.4, -0.2) is 76.3 Å². The van der Waals surface area contributed by atoms with E-state index < -0.39 is 43.3 Å². The van der Waals surface area contributed by atoms with Crippen LogP contribution >= 0.6 is 0 Å². The highest BCUT2D eigenvalue weighted by molar-refractivity contribution is 5.70. The number of carbonyl (C=O) groups is 2. The average molecular weight is 655 g/mol. The van der Waals surface area contributed by atoms with E-state index in [-0.39, 0.29) is 31.3 Å². The number of aliphatic hydroxyl groups excluding tert-OH is 4. The van der Waals surface area contributed by atoms with Gasteiger partial charge in [-0.15, -0.1) is 0 Å². The van der Waals surface area contributed by atoms with E-state index in [0.29, 0.717) is 32.1 Å². The molecule has 0 spiro atoms. The van der Waals surface area contributed by atoms with Gasteiger partial charge < -0.3 is 34.6 Å². The molecule has 9 nitrogen and oxygen atoms in total. The number of unbranched alkanes of at least 4 members (excludes halogenated alkanes) is 13. The van der Waals surface area contributed by atoms with Crippen molar-refractivity contribution in [2.75, 3.05) is 13.2 Å². The minimum absolute atomic E-state index is 0.133. The number of aliphatic hydroxyl groups is 4. The van der Waals surface area contributed by atoms with E-state index in [2.05, 4.69) is 13.8 Å². The Labute approximate surface area is 278 Å². The number of hydrogen-bond donors (Lipinski definition) is 4. The van der Waals surface area contributed by atoms with Crippen molar-refractivity contribution in [3.8, 4) is 0 Å². The first-order chi connectivity index (χ1) is 22.3. The van der Waals surface area contributed by atoms with Crippen molar-refractivity contribution >= 4 is 11.9 Å². The molecular weight excluding hydrogens is 588 g/mol. The van der Waals surface area contributed by atoms with Crippen LogP contribution in [0.4, 0.5) is 0 Å². The molecule has 0 aromatic heterocycles. The predicted molar refractivity (Wildman–Crippen MR) is 181 cm³/mol. The van der Waals surface area contributed by atoms with E-state index >= 15 is 0 Å². The van der Waals surface area contributed by atoms with Crippen LogP contribution in [0, 0.1) is 5.92 Å². The van der Waals surface area contributed by atoms with E-state index in [1.54, 1.807) is 12.2 Å². The van der Waals surface area contributed by atoms with Gasteiger partial charge in [0.05, 0.1) is 24.9 Å². The Bertz CT molecular complexity index is 815. The van der Waals surface area contributed by atoms with Gasteiger partial charge >= 0.3 is 11.9 Å². The maximum absolute atomic E-state index is 12.2. The van der Waals surface area contributed by atoms with Crippen LogP contribution in [0.15, 0.2) is 24.3 Å². The molecule has 0 radical (unpaired) electrons. The van der Waals surface area contributed by atoms with Gasteiger partial charge in [-0.25, -0.2) is 0 Å². The molecule has 0 aromatic rings. The maximum Gasteiger partial charge on any atom is 0.306 e. The fourth-order valence-corrected chi connectivity index (χ4v) is 5.65. The molecule has 1 saturated heterocycles. The molecule has 1 fully saturated rings. The van der Waals surface area contributed by atoms with E-state index in [4.69, 9.17) is 14.2 Å². The molecule has 46 heavy (non-hydrogen) atoms. The van der Waals surface area contributed by atoms with Crippen molar-refractivity contribution in [3.05, 3.63) is 24.3 Å². The first-order valence-electron chi connectivity index (χ1n) is 18.3. The Hall–Kier alpha value is -1.78.